The van der Waals surface area contributed by atoms with Gasteiger partial charge < -0.3 is 16.8 Å². The van der Waals surface area contributed by atoms with Crippen molar-refractivity contribution in [2.24, 2.45) is 0 Å². The van der Waals surface area contributed by atoms with E-state index >= 15 is 0 Å². The Bertz CT molecular complexity index is 1240. The molecule has 0 atom stereocenters. The number of hydrogen-bond acceptors (Lipinski definition) is 5. The number of carbonyl (C=O) groups is 1. The van der Waals surface area contributed by atoms with E-state index in [9.17, 15) is 4.79 Å². The van der Waals surface area contributed by atoms with Crippen LogP contribution in [0.15, 0.2) is 66.7 Å². The predicted octanol–water partition coefficient (Wildman–Crippen LogP) is 4.31. The second-order valence-corrected chi connectivity index (χ2v) is 7.10. The normalized spacial score (nSPS) is 10.7. The van der Waals surface area contributed by atoms with Crippen LogP contribution in [0.25, 0.3) is 16.9 Å². The molecule has 0 aliphatic heterocycles. The molecule has 2 aromatic heterocycles. The number of amides is 1. The van der Waals surface area contributed by atoms with Gasteiger partial charge in [0.1, 0.15) is 5.82 Å². The number of rotatable bonds is 4. The molecule has 0 radical (unpaired) electrons. The number of nitrogens with two attached hydrogens (primary N) is 2. The van der Waals surface area contributed by atoms with Crippen molar-refractivity contribution < 1.29 is 4.79 Å². The van der Waals surface area contributed by atoms with Crippen LogP contribution in [-0.2, 0) is 0 Å². The maximum Gasteiger partial charge on any atom is 0.258 e. The van der Waals surface area contributed by atoms with Gasteiger partial charge in [0.05, 0.1) is 33.3 Å². The summed E-state index contributed by atoms with van der Waals surface area (Å²) in [6.45, 7) is 1.78. The number of hydrogen-bond donors (Lipinski definition) is 3. The minimum atomic E-state index is -0.408. The number of halogens is 1. The van der Waals surface area contributed by atoms with Gasteiger partial charge >= 0.3 is 0 Å². The van der Waals surface area contributed by atoms with E-state index in [1.54, 1.807) is 41.9 Å². The molecule has 0 saturated heterocycles. The Morgan fingerprint density at radius 3 is 2.53 bits per heavy atom. The summed E-state index contributed by atoms with van der Waals surface area (Å²) in [6, 6.07) is 19.8. The molecule has 4 rings (SSSR count). The number of aryl methyl sites for hydroxylation is 1. The smallest absolute Gasteiger partial charge is 0.258 e. The summed E-state index contributed by atoms with van der Waals surface area (Å²) in [5, 5.41) is 7.60. The standard InChI is InChI=1S/C22H19ClN6O/c1-13-20(25)21(29(28-13)15-6-3-2-4-7-15)27-22(30)16-12-14(10-11-17(16)23)18-8-5-9-19(24)26-18/h2-12H,25H2,1H3,(H2,24,26)(H,27,30). The van der Waals surface area contributed by atoms with E-state index < -0.39 is 5.91 Å². The highest BCUT2D eigenvalue weighted by Gasteiger charge is 2.19. The SMILES string of the molecule is Cc1nn(-c2ccccc2)c(NC(=O)c2cc(-c3cccc(N)n3)ccc2Cl)c1N. The third kappa shape index (κ3) is 3.70. The van der Waals surface area contributed by atoms with Gasteiger partial charge in [-0.15, -0.1) is 0 Å². The fourth-order valence-electron chi connectivity index (χ4n) is 3.06. The van der Waals surface area contributed by atoms with Crippen LogP contribution in [0.5, 0.6) is 0 Å². The molecule has 0 aliphatic rings. The Hall–Kier alpha value is -3.84. The maximum atomic E-state index is 13.1. The third-order valence-electron chi connectivity index (χ3n) is 4.62. The first-order valence-corrected chi connectivity index (χ1v) is 9.56. The van der Waals surface area contributed by atoms with E-state index in [1.807, 2.05) is 36.4 Å². The Labute approximate surface area is 178 Å². The molecule has 0 saturated carbocycles. The van der Waals surface area contributed by atoms with Crippen molar-refractivity contribution in [1.29, 1.82) is 0 Å². The van der Waals surface area contributed by atoms with E-state index in [0.717, 1.165) is 11.3 Å². The van der Waals surface area contributed by atoms with E-state index in [4.69, 9.17) is 23.1 Å². The molecule has 1 amide bonds. The van der Waals surface area contributed by atoms with Gasteiger partial charge in [0.25, 0.3) is 5.91 Å². The number of nitrogens with zero attached hydrogens (tertiary/aromatic N) is 3. The lowest BCUT2D eigenvalue weighted by Crippen LogP contribution is -2.16. The number of para-hydroxylation sites is 1. The molecule has 0 fully saturated rings. The summed E-state index contributed by atoms with van der Waals surface area (Å²) in [7, 11) is 0. The first-order chi connectivity index (χ1) is 14.4. The zero-order valence-corrected chi connectivity index (χ0v) is 16.9. The number of nitrogen functional groups attached to an aromatic ring is 2. The van der Waals surface area contributed by atoms with Crippen molar-refractivity contribution in [3.05, 3.63) is 83.0 Å². The van der Waals surface area contributed by atoms with E-state index in [0.29, 0.717) is 33.7 Å². The van der Waals surface area contributed by atoms with Crippen molar-refractivity contribution in [2.75, 3.05) is 16.8 Å². The zero-order valence-electron chi connectivity index (χ0n) is 16.1. The van der Waals surface area contributed by atoms with Crippen molar-refractivity contribution >= 4 is 34.8 Å². The van der Waals surface area contributed by atoms with Crippen LogP contribution in [0.1, 0.15) is 16.1 Å². The fourth-order valence-corrected chi connectivity index (χ4v) is 3.26. The summed E-state index contributed by atoms with van der Waals surface area (Å²) >= 11 is 6.32. The Morgan fingerprint density at radius 1 is 1.03 bits per heavy atom. The van der Waals surface area contributed by atoms with Crippen molar-refractivity contribution in [3.63, 3.8) is 0 Å². The molecule has 2 aromatic carbocycles. The maximum absolute atomic E-state index is 13.1. The molecule has 0 unspecified atom stereocenters. The molecule has 4 aromatic rings. The molecule has 0 aliphatic carbocycles. The Balaban J connectivity index is 1.71. The minimum absolute atomic E-state index is 0.288. The molecule has 2 heterocycles. The third-order valence-corrected chi connectivity index (χ3v) is 4.95. The van der Waals surface area contributed by atoms with E-state index in [2.05, 4.69) is 15.4 Å². The quantitative estimate of drug-likeness (QED) is 0.457. The first kappa shape index (κ1) is 19.5. The lowest BCUT2D eigenvalue weighted by atomic mass is 10.1. The van der Waals surface area contributed by atoms with Crippen LogP contribution in [-0.4, -0.2) is 20.7 Å². The second kappa shape index (κ2) is 7.88. The second-order valence-electron chi connectivity index (χ2n) is 6.69. The highest BCUT2D eigenvalue weighted by Crippen LogP contribution is 2.29. The topological polar surface area (TPSA) is 112 Å². The number of nitrogens with one attached hydrogen (secondary N) is 1. The van der Waals surface area contributed by atoms with Gasteiger partial charge in [-0.05, 0) is 43.3 Å². The van der Waals surface area contributed by atoms with Crippen LogP contribution >= 0.6 is 11.6 Å². The van der Waals surface area contributed by atoms with Crippen molar-refractivity contribution in [2.45, 2.75) is 6.92 Å². The van der Waals surface area contributed by atoms with Crippen molar-refractivity contribution in [1.82, 2.24) is 14.8 Å². The fraction of sp³-hybridized carbons (Fsp3) is 0.0455. The van der Waals surface area contributed by atoms with Gasteiger partial charge in [0.15, 0.2) is 5.82 Å². The zero-order chi connectivity index (χ0) is 21.3. The lowest BCUT2D eigenvalue weighted by Gasteiger charge is -2.12. The minimum Gasteiger partial charge on any atom is -0.394 e. The number of pyridine rings is 1. The van der Waals surface area contributed by atoms with Gasteiger partial charge in [-0.25, -0.2) is 9.67 Å². The highest BCUT2D eigenvalue weighted by atomic mass is 35.5. The predicted molar refractivity (Wildman–Crippen MR) is 120 cm³/mol. The molecular weight excluding hydrogens is 400 g/mol. The van der Waals surface area contributed by atoms with E-state index in [1.165, 1.54) is 0 Å². The van der Waals surface area contributed by atoms with Crippen LogP contribution < -0.4 is 16.8 Å². The number of anilines is 3. The molecular formula is C22H19ClN6O. The average molecular weight is 419 g/mol. The van der Waals surface area contributed by atoms with Crippen LogP contribution in [0.2, 0.25) is 5.02 Å². The van der Waals surface area contributed by atoms with Gasteiger partial charge in [0, 0.05) is 5.56 Å². The number of benzene rings is 2. The first-order valence-electron chi connectivity index (χ1n) is 9.18. The molecule has 7 nitrogen and oxygen atoms in total. The summed E-state index contributed by atoms with van der Waals surface area (Å²) in [5.41, 5.74) is 15.4. The molecule has 0 bridgehead atoms. The summed E-state index contributed by atoms with van der Waals surface area (Å²) in [6.07, 6.45) is 0. The van der Waals surface area contributed by atoms with E-state index in [-0.39, 0.29) is 5.56 Å². The Morgan fingerprint density at radius 2 is 1.80 bits per heavy atom. The Kier molecular flexibility index (Phi) is 5.12. The van der Waals surface area contributed by atoms with Crippen molar-refractivity contribution in [3.8, 4) is 16.9 Å². The van der Waals surface area contributed by atoms with Crippen LogP contribution in [0, 0.1) is 6.92 Å². The van der Waals surface area contributed by atoms with Gasteiger partial charge in [-0.1, -0.05) is 41.9 Å². The van der Waals surface area contributed by atoms with Gasteiger partial charge in [0.2, 0.25) is 0 Å². The molecule has 30 heavy (non-hydrogen) atoms. The molecule has 0 spiro atoms. The largest absolute Gasteiger partial charge is 0.394 e. The lowest BCUT2D eigenvalue weighted by molar-refractivity contribution is 0.102. The summed E-state index contributed by atoms with van der Waals surface area (Å²) in [4.78, 5) is 17.4. The van der Waals surface area contributed by atoms with Crippen LogP contribution in [0.4, 0.5) is 17.3 Å². The average Bonchev–Trinajstić information content (AvgIpc) is 3.03. The molecule has 150 valence electrons. The van der Waals surface area contributed by atoms with Crippen LogP contribution in [0.3, 0.4) is 0 Å². The molecule has 5 N–H and O–H groups in total. The van der Waals surface area contributed by atoms with Gasteiger partial charge in [-0.3, -0.25) is 4.79 Å². The highest BCUT2D eigenvalue weighted by molar-refractivity contribution is 6.34. The van der Waals surface area contributed by atoms with Gasteiger partial charge in [-0.2, -0.15) is 5.10 Å². The summed E-state index contributed by atoms with van der Waals surface area (Å²) in [5.74, 6) is 0.366. The summed E-state index contributed by atoms with van der Waals surface area (Å²) < 4.78 is 1.60. The molecule has 8 heteroatoms. The number of carbonyl (C=O) groups excluding carboxylic acids is 1. The number of aromatic nitrogens is 3. The monoisotopic (exact) mass is 418 g/mol.